The van der Waals surface area contributed by atoms with Crippen LogP contribution in [0.4, 0.5) is 5.82 Å². The minimum atomic E-state index is -0.0972. The van der Waals surface area contributed by atoms with Gasteiger partial charge in [0.2, 0.25) is 0 Å². The molecule has 2 aliphatic heterocycles. The Balaban J connectivity index is 1.64. The van der Waals surface area contributed by atoms with Gasteiger partial charge < -0.3 is 19.4 Å². The number of hydrogen-bond donors (Lipinski definition) is 1. The first-order valence-electron chi connectivity index (χ1n) is 10.2. The second-order valence-electron chi connectivity index (χ2n) is 7.70. The molecule has 1 N–H and O–H groups in total. The molecule has 2 fully saturated rings. The Morgan fingerprint density at radius 2 is 2.14 bits per heavy atom. The largest absolute Gasteiger partial charge is 0.377 e. The average molecular weight is 395 g/mol. The zero-order valence-corrected chi connectivity index (χ0v) is 16.5. The number of H-pyrrole nitrogens is 1. The maximum atomic E-state index is 12.9. The van der Waals surface area contributed by atoms with Crippen molar-refractivity contribution in [2.75, 3.05) is 31.3 Å². The molecule has 0 radical (unpaired) electrons. The van der Waals surface area contributed by atoms with Gasteiger partial charge in [-0.3, -0.25) is 9.78 Å². The van der Waals surface area contributed by atoms with E-state index in [4.69, 9.17) is 9.47 Å². The summed E-state index contributed by atoms with van der Waals surface area (Å²) in [5.41, 5.74) is 2.28. The Morgan fingerprint density at radius 3 is 2.97 bits per heavy atom. The maximum Gasteiger partial charge on any atom is 0.191 e. The molecule has 3 aromatic heterocycles. The fourth-order valence-corrected chi connectivity index (χ4v) is 4.24. The zero-order valence-electron chi connectivity index (χ0n) is 16.5. The van der Waals surface area contributed by atoms with Gasteiger partial charge in [-0.1, -0.05) is 0 Å². The Labute approximate surface area is 168 Å². The topological polar surface area (TPSA) is 85.3 Å². The summed E-state index contributed by atoms with van der Waals surface area (Å²) in [7, 11) is 0. The number of rotatable bonds is 3. The summed E-state index contributed by atoms with van der Waals surface area (Å²) in [6.07, 6.45) is 6.46. The van der Waals surface area contributed by atoms with Crippen LogP contribution in [0.5, 0.6) is 0 Å². The Bertz CT molecular complexity index is 1070. The first kappa shape index (κ1) is 18.3. The second kappa shape index (κ2) is 7.61. The van der Waals surface area contributed by atoms with E-state index in [9.17, 15) is 4.79 Å². The van der Waals surface area contributed by atoms with Gasteiger partial charge in [0.1, 0.15) is 11.5 Å². The number of ether oxygens (including phenoxy) is 2. The quantitative estimate of drug-likeness (QED) is 0.734. The van der Waals surface area contributed by atoms with Crippen molar-refractivity contribution in [3.05, 3.63) is 40.8 Å². The minimum Gasteiger partial charge on any atom is -0.377 e. The molecule has 2 atom stereocenters. The van der Waals surface area contributed by atoms with Crippen LogP contribution in [-0.2, 0) is 9.47 Å². The molecule has 3 aromatic rings. The van der Waals surface area contributed by atoms with Gasteiger partial charge in [0.15, 0.2) is 11.7 Å². The Morgan fingerprint density at radius 1 is 1.21 bits per heavy atom. The molecular formula is C21H25N5O3. The van der Waals surface area contributed by atoms with Crippen LogP contribution in [0.25, 0.3) is 22.3 Å². The van der Waals surface area contributed by atoms with Crippen LogP contribution in [0.2, 0.25) is 0 Å². The van der Waals surface area contributed by atoms with Crippen LogP contribution in [0.1, 0.15) is 32.4 Å². The van der Waals surface area contributed by atoms with Crippen LogP contribution in [0.15, 0.2) is 35.4 Å². The second-order valence-corrected chi connectivity index (χ2v) is 7.70. The van der Waals surface area contributed by atoms with Crippen molar-refractivity contribution in [2.45, 2.75) is 38.5 Å². The van der Waals surface area contributed by atoms with Crippen molar-refractivity contribution in [3.63, 3.8) is 0 Å². The van der Waals surface area contributed by atoms with Crippen molar-refractivity contribution in [1.82, 2.24) is 19.7 Å². The highest BCUT2D eigenvalue weighted by Gasteiger charge is 2.24. The molecule has 0 aromatic carbocycles. The molecule has 0 saturated carbocycles. The van der Waals surface area contributed by atoms with E-state index in [1.54, 1.807) is 24.5 Å². The molecule has 1 unspecified atom stereocenters. The monoisotopic (exact) mass is 395 g/mol. The first-order chi connectivity index (χ1) is 14.2. The van der Waals surface area contributed by atoms with Gasteiger partial charge in [0, 0.05) is 37.0 Å². The molecule has 29 heavy (non-hydrogen) atoms. The summed E-state index contributed by atoms with van der Waals surface area (Å²) in [6.45, 7) is 4.87. The summed E-state index contributed by atoms with van der Waals surface area (Å²) >= 11 is 0. The van der Waals surface area contributed by atoms with E-state index in [0.29, 0.717) is 24.3 Å². The molecule has 8 heteroatoms. The highest BCUT2D eigenvalue weighted by Crippen LogP contribution is 2.30. The van der Waals surface area contributed by atoms with Crippen molar-refractivity contribution in [3.8, 4) is 11.4 Å². The summed E-state index contributed by atoms with van der Waals surface area (Å²) < 4.78 is 13.4. The third kappa shape index (κ3) is 3.32. The molecule has 5 heterocycles. The number of aromatic nitrogens is 4. The predicted molar refractivity (Wildman–Crippen MR) is 110 cm³/mol. The van der Waals surface area contributed by atoms with E-state index in [2.05, 4.69) is 26.9 Å². The number of anilines is 1. The number of morpholine rings is 1. The Kier molecular flexibility index (Phi) is 4.81. The summed E-state index contributed by atoms with van der Waals surface area (Å²) in [4.78, 5) is 23.2. The van der Waals surface area contributed by atoms with Gasteiger partial charge in [-0.25, -0.2) is 4.68 Å². The minimum absolute atomic E-state index is 0.0175. The summed E-state index contributed by atoms with van der Waals surface area (Å²) in [5, 5.41) is 5.12. The van der Waals surface area contributed by atoms with Gasteiger partial charge >= 0.3 is 0 Å². The maximum absolute atomic E-state index is 12.9. The number of aromatic amines is 1. The summed E-state index contributed by atoms with van der Waals surface area (Å²) in [5.74, 6) is 0.799. The smallest absolute Gasteiger partial charge is 0.191 e. The molecule has 0 bridgehead atoms. The number of nitrogens with zero attached hydrogens (tertiary/aromatic N) is 4. The van der Waals surface area contributed by atoms with E-state index >= 15 is 0 Å². The molecule has 5 rings (SSSR count). The normalized spacial score (nSPS) is 22.9. The van der Waals surface area contributed by atoms with E-state index in [0.717, 1.165) is 49.4 Å². The average Bonchev–Trinajstić information content (AvgIpc) is 3.24. The van der Waals surface area contributed by atoms with Crippen LogP contribution < -0.4 is 10.3 Å². The van der Waals surface area contributed by atoms with Gasteiger partial charge in [-0.15, -0.1) is 0 Å². The van der Waals surface area contributed by atoms with Crippen molar-refractivity contribution in [2.24, 2.45) is 0 Å². The molecular weight excluding hydrogens is 370 g/mol. The van der Waals surface area contributed by atoms with Gasteiger partial charge in [-0.05, 0) is 38.3 Å². The SMILES string of the molecule is C[C@@H]1COCCN1c1cc(=O)c2ccnc(-c3ccnn3C3CCCCO3)c2[nH]1. The lowest BCUT2D eigenvalue weighted by Crippen LogP contribution is -2.44. The zero-order chi connectivity index (χ0) is 19.8. The van der Waals surface area contributed by atoms with Crippen molar-refractivity contribution < 1.29 is 9.47 Å². The number of hydrogen-bond acceptors (Lipinski definition) is 6. The number of nitrogens with one attached hydrogen (secondary N) is 1. The van der Waals surface area contributed by atoms with Crippen LogP contribution in [-0.4, -0.2) is 52.2 Å². The summed E-state index contributed by atoms with van der Waals surface area (Å²) in [6, 6.07) is 5.57. The molecule has 0 amide bonds. The third-order valence-electron chi connectivity index (χ3n) is 5.76. The number of fused-ring (bicyclic) bond motifs is 1. The predicted octanol–water partition coefficient (Wildman–Crippen LogP) is 2.71. The molecule has 2 aliphatic rings. The number of pyridine rings is 2. The Hall–Kier alpha value is -2.71. The lowest BCUT2D eigenvalue weighted by Gasteiger charge is -2.34. The lowest BCUT2D eigenvalue weighted by molar-refractivity contribution is -0.0383. The fraction of sp³-hybridized carbons (Fsp3) is 0.476. The molecule has 0 aliphatic carbocycles. The molecule has 8 nitrogen and oxygen atoms in total. The van der Waals surface area contributed by atoms with Crippen LogP contribution in [0.3, 0.4) is 0 Å². The van der Waals surface area contributed by atoms with Crippen molar-refractivity contribution >= 4 is 16.7 Å². The van der Waals surface area contributed by atoms with E-state index in [1.807, 2.05) is 10.7 Å². The molecule has 152 valence electrons. The van der Waals surface area contributed by atoms with Gasteiger partial charge in [-0.2, -0.15) is 5.10 Å². The molecule has 2 saturated heterocycles. The first-order valence-corrected chi connectivity index (χ1v) is 10.2. The van der Waals surface area contributed by atoms with E-state index < -0.39 is 0 Å². The highest BCUT2D eigenvalue weighted by atomic mass is 16.5. The van der Waals surface area contributed by atoms with E-state index in [1.165, 1.54) is 0 Å². The van der Waals surface area contributed by atoms with Crippen LogP contribution in [0, 0.1) is 0 Å². The fourth-order valence-electron chi connectivity index (χ4n) is 4.24. The molecule has 0 spiro atoms. The van der Waals surface area contributed by atoms with Gasteiger partial charge in [0.25, 0.3) is 0 Å². The van der Waals surface area contributed by atoms with Crippen LogP contribution >= 0.6 is 0 Å². The van der Waals surface area contributed by atoms with E-state index in [-0.39, 0.29) is 17.7 Å². The standard InChI is InChI=1S/C21H25N5O3/c1-14-13-28-11-9-25(14)18-12-17(27)15-5-7-22-21(20(15)24-18)16-6-8-23-26(16)19-4-2-3-10-29-19/h5-8,12,14,19H,2-4,9-11,13H2,1H3,(H,24,27)/t14-,19?/m1/s1. The van der Waals surface area contributed by atoms with Gasteiger partial charge in [0.05, 0.1) is 30.5 Å². The lowest BCUT2D eigenvalue weighted by atomic mass is 10.1. The highest BCUT2D eigenvalue weighted by molar-refractivity contribution is 5.91. The van der Waals surface area contributed by atoms with Crippen molar-refractivity contribution in [1.29, 1.82) is 0 Å². The third-order valence-corrected chi connectivity index (χ3v) is 5.76.